The number of carbonyl (C=O) groups is 2. The molecule has 5 nitrogen and oxygen atoms in total. The topological polar surface area (TPSA) is 78.4 Å². The Kier molecular flexibility index (Phi) is 4.78. The molecule has 2 aromatic carbocycles. The zero-order valence-electron chi connectivity index (χ0n) is 12.5. The van der Waals surface area contributed by atoms with Crippen LogP contribution >= 0.6 is 0 Å². The molecule has 2 rings (SSSR count). The van der Waals surface area contributed by atoms with E-state index >= 15 is 0 Å². The third kappa shape index (κ3) is 4.09. The molecule has 22 heavy (non-hydrogen) atoms. The third-order valence-electron chi connectivity index (χ3n) is 3.18. The minimum atomic E-state index is -0.812. The Labute approximate surface area is 129 Å². The SMILES string of the molecule is Cc1ccc(CNC(=O)C(=O)Nc2cc(C)ccc2O)cc1. The fourth-order valence-electron chi connectivity index (χ4n) is 1.90. The molecule has 0 spiro atoms. The molecular formula is C17H18N2O3. The number of aromatic hydroxyl groups is 1. The maximum Gasteiger partial charge on any atom is 0.313 e. The van der Waals surface area contributed by atoms with Gasteiger partial charge in [-0.3, -0.25) is 9.59 Å². The molecule has 0 saturated carbocycles. The van der Waals surface area contributed by atoms with E-state index in [4.69, 9.17) is 0 Å². The summed E-state index contributed by atoms with van der Waals surface area (Å²) in [5.74, 6) is -1.64. The monoisotopic (exact) mass is 298 g/mol. The van der Waals surface area contributed by atoms with Gasteiger partial charge in [0.2, 0.25) is 0 Å². The van der Waals surface area contributed by atoms with Crippen LogP contribution < -0.4 is 10.6 Å². The zero-order chi connectivity index (χ0) is 16.1. The maximum absolute atomic E-state index is 11.8. The molecule has 0 heterocycles. The van der Waals surface area contributed by atoms with Crippen LogP contribution in [0.5, 0.6) is 5.75 Å². The summed E-state index contributed by atoms with van der Waals surface area (Å²) in [5.41, 5.74) is 3.12. The Balaban J connectivity index is 1.93. The first-order valence-corrected chi connectivity index (χ1v) is 6.90. The molecule has 0 radical (unpaired) electrons. The smallest absolute Gasteiger partial charge is 0.313 e. The molecule has 0 fully saturated rings. The predicted molar refractivity (Wildman–Crippen MR) is 84.5 cm³/mol. The third-order valence-corrected chi connectivity index (χ3v) is 3.18. The second-order valence-electron chi connectivity index (χ2n) is 5.14. The van der Waals surface area contributed by atoms with Crippen molar-refractivity contribution in [2.75, 3.05) is 5.32 Å². The Hall–Kier alpha value is -2.82. The van der Waals surface area contributed by atoms with Gasteiger partial charge in [-0.15, -0.1) is 0 Å². The van der Waals surface area contributed by atoms with Crippen molar-refractivity contribution in [1.29, 1.82) is 0 Å². The number of hydrogen-bond donors (Lipinski definition) is 3. The highest BCUT2D eigenvalue weighted by atomic mass is 16.3. The summed E-state index contributed by atoms with van der Waals surface area (Å²) in [6.45, 7) is 4.07. The van der Waals surface area contributed by atoms with Crippen molar-refractivity contribution in [3.05, 3.63) is 59.2 Å². The van der Waals surface area contributed by atoms with E-state index in [0.29, 0.717) is 0 Å². The van der Waals surface area contributed by atoms with Gasteiger partial charge in [0.15, 0.2) is 0 Å². The Morgan fingerprint density at radius 1 is 0.955 bits per heavy atom. The normalized spacial score (nSPS) is 10.1. The molecule has 0 saturated heterocycles. The van der Waals surface area contributed by atoms with E-state index in [1.807, 2.05) is 38.1 Å². The van der Waals surface area contributed by atoms with Crippen LogP contribution in [-0.4, -0.2) is 16.9 Å². The minimum absolute atomic E-state index is 0.0784. The van der Waals surface area contributed by atoms with E-state index < -0.39 is 11.8 Å². The van der Waals surface area contributed by atoms with Gasteiger partial charge in [0.05, 0.1) is 5.69 Å². The van der Waals surface area contributed by atoms with Crippen molar-refractivity contribution in [2.24, 2.45) is 0 Å². The van der Waals surface area contributed by atoms with Crippen molar-refractivity contribution in [3.8, 4) is 5.75 Å². The van der Waals surface area contributed by atoms with E-state index in [0.717, 1.165) is 16.7 Å². The Morgan fingerprint density at radius 3 is 2.27 bits per heavy atom. The van der Waals surface area contributed by atoms with Gasteiger partial charge in [-0.1, -0.05) is 35.9 Å². The standard InChI is InChI=1S/C17H18N2O3/c1-11-3-6-13(7-4-11)10-18-16(21)17(22)19-14-9-12(2)5-8-15(14)20/h3-9,20H,10H2,1-2H3,(H,18,21)(H,19,22). The molecule has 0 bridgehead atoms. The van der Waals surface area contributed by atoms with Gasteiger partial charge in [-0.25, -0.2) is 0 Å². The summed E-state index contributed by atoms with van der Waals surface area (Å²) in [6.07, 6.45) is 0. The maximum atomic E-state index is 11.8. The average molecular weight is 298 g/mol. The number of rotatable bonds is 3. The first-order chi connectivity index (χ1) is 10.5. The summed E-state index contributed by atoms with van der Waals surface area (Å²) in [5, 5.41) is 14.6. The van der Waals surface area contributed by atoms with E-state index in [1.54, 1.807) is 12.1 Å². The molecule has 2 aromatic rings. The molecule has 114 valence electrons. The van der Waals surface area contributed by atoms with Crippen LogP contribution in [-0.2, 0) is 16.1 Å². The largest absolute Gasteiger partial charge is 0.506 e. The fraction of sp³-hybridized carbons (Fsp3) is 0.176. The lowest BCUT2D eigenvalue weighted by Crippen LogP contribution is -2.35. The summed E-state index contributed by atoms with van der Waals surface area (Å²) in [7, 11) is 0. The molecule has 0 aliphatic carbocycles. The van der Waals surface area contributed by atoms with E-state index in [-0.39, 0.29) is 18.0 Å². The lowest BCUT2D eigenvalue weighted by atomic mass is 10.1. The van der Waals surface area contributed by atoms with Crippen LogP contribution in [0.4, 0.5) is 5.69 Å². The highest BCUT2D eigenvalue weighted by molar-refractivity contribution is 6.39. The molecule has 0 atom stereocenters. The van der Waals surface area contributed by atoms with Gasteiger partial charge < -0.3 is 15.7 Å². The molecule has 2 amide bonds. The second kappa shape index (κ2) is 6.76. The van der Waals surface area contributed by atoms with Gasteiger partial charge in [-0.2, -0.15) is 0 Å². The summed E-state index contributed by atoms with van der Waals surface area (Å²) >= 11 is 0. The molecule has 0 aliphatic heterocycles. The van der Waals surface area contributed by atoms with E-state index in [9.17, 15) is 14.7 Å². The molecule has 0 aliphatic rings. The number of amides is 2. The van der Waals surface area contributed by atoms with Gasteiger partial charge in [0, 0.05) is 6.54 Å². The Bertz CT molecular complexity index is 694. The highest BCUT2D eigenvalue weighted by Crippen LogP contribution is 2.23. The van der Waals surface area contributed by atoms with Crippen molar-refractivity contribution in [1.82, 2.24) is 5.32 Å². The van der Waals surface area contributed by atoms with Crippen LogP contribution in [0.25, 0.3) is 0 Å². The lowest BCUT2D eigenvalue weighted by Gasteiger charge is -2.09. The summed E-state index contributed by atoms with van der Waals surface area (Å²) in [4.78, 5) is 23.6. The van der Waals surface area contributed by atoms with Gasteiger partial charge in [0.25, 0.3) is 0 Å². The molecular weight excluding hydrogens is 280 g/mol. The van der Waals surface area contributed by atoms with Crippen molar-refractivity contribution >= 4 is 17.5 Å². The average Bonchev–Trinajstić information content (AvgIpc) is 2.50. The number of carbonyl (C=O) groups excluding carboxylic acids is 2. The number of phenolic OH excluding ortho intramolecular Hbond substituents is 1. The lowest BCUT2D eigenvalue weighted by molar-refractivity contribution is -0.136. The van der Waals surface area contributed by atoms with Crippen LogP contribution in [0.1, 0.15) is 16.7 Å². The summed E-state index contributed by atoms with van der Waals surface area (Å²) in [6, 6.07) is 12.4. The number of nitrogens with one attached hydrogen (secondary N) is 2. The quantitative estimate of drug-likeness (QED) is 0.601. The van der Waals surface area contributed by atoms with Gasteiger partial charge in [-0.05, 0) is 37.1 Å². The molecule has 5 heteroatoms. The number of aryl methyl sites for hydroxylation is 2. The molecule has 0 aromatic heterocycles. The predicted octanol–water partition coefficient (Wildman–Crippen LogP) is 2.26. The molecule has 3 N–H and O–H groups in total. The van der Waals surface area contributed by atoms with Crippen LogP contribution in [0, 0.1) is 13.8 Å². The number of anilines is 1. The van der Waals surface area contributed by atoms with E-state index in [1.165, 1.54) is 6.07 Å². The van der Waals surface area contributed by atoms with Crippen molar-refractivity contribution in [2.45, 2.75) is 20.4 Å². The molecule has 0 unspecified atom stereocenters. The number of hydrogen-bond acceptors (Lipinski definition) is 3. The number of phenols is 1. The first kappa shape index (κ1) is 15.6. The first-order valence-electron chi connectivity index (χ1n) is 6.90. The highest BCUT2D eigenvalue weighted by Gasteiger charge is 2.15. The van der Waals surface area contributed by atoms with Gasteiger partial charge >= 0.3 is 11.8 Å². The van der Waals surface area contributed by atoms with E-state index in [2.05, 4.69) is 10.6 Å². The fourth-order valence-corrected chi connectivity index (χ4v) is 1.90. The van der Waals surface area contributed by atoms with Crippen molar-refractivity contribution in [3.63, 3.8) is 0 Å². The van der Waals surface area contributed by atoms with Gasteiger partial charge in [0.1, 0.15) is 5.75 Å². The zero-order valence-corrected chi connectivity index (χ0v) is 12.5. The minimum Gasteiger partial charge on any atom is -0.506 e. The van der Waals surface area contributed by atoms with Crippen LogP contribution in [0.2, 0.25) is 0 Å². The summed E-state index contributed by atoms with van der Waals surface area (Å²) < 4.78 is 0. The van der Waals surface area contributed by atoms with Crippen LogP contribution in [0.15, 0.2) is 42.5 Å². The van der Waals surface area contributed by atoms with Crippen LogP contribution in [0.3, 0.4) is 0 Å². The number of benzene rings is 2. The Morgan fingerprint density at radius 2 is 1.59 bits per heavy atom. The van der Waals surface area contributed by atoms with Crippen molar-refractivity contribution < 1.29 is 14.7 Å². The second-order valence-corrected chi connectivity index (χ2v) is 5.14.